The zero-order chi connectivity index (χ0) is 22.4. The van der Waals surface area contributed by atoms with Crippen LogP contribution in [-0.2, 0) is 32.7 Å². The molecule has 0 aromatic rings. The molecule has 29 heavy (non-hydrogen) atoms. The summed E-state index contributed by atoms with van der Waals surface area (Å²) in [7, 11) is -3.44. The third kappa shape index (κ3) is 13.4. The predicted molar refractivity (Wildman–Crippen MR) is 114 cm³/mol. The van der Waals surface area contributed by atoms with Crippen LogP contribution in [0.25, 0.3) is 0 Å². The minimum absolute atomic E-state index is 0.0643. The third-order valence-electron chi connectivity index (χ3n) is 3.86. The first-order valence-corrected chi connectivity index (χ1v) is 11.8. The number of esters is 2. The molecule has 2 unspecified atom stereocenters. The first-order valence-electron chi connectivity index (χ1n) is 10.1. The van der Waals surface area contributed by atoms with Gasteiger partial charge >= 0.3 is 19.5 Å². The minimum atomic E-state index is -3.44. The van der Waals surface area contributed by atoms with Gasteiger partial charge in [-0.25, -0.2) is 9.59 Å². The van der Waals surface area contributed by atoms with Gasteiger partial charge in [-0.15, -0.1) is 0 Å². The maximum atomic E-state index is 13.1. The molecular weight excluding hydrogens is 395 g/mol. The van der Waals surface area contributed by atoms with E-state index in [1.807, 2.05) is 0 Å². The van der Waals surface area contributed by atoms with E-state index in [1.165, 1.54) is 0 Å². The number of carbonyl (C=O) groups excluding carboxylic acids is 2. The van der Waals surface area contributed by atoms with Gasteiger partial charge < -0.3 is 18.5 Å². The van der Waals surface area contributed by atoms with Crippen LogP contribution in [0.5, 0.6) is 0 Å². The maximum Gasteiger partial charge on any atom is 0.333 e. The SMILES string of the molecule is C=C(C)C(=O)OC(C)COP(=O)(CCCCCCC)OCC(C)OC(=O)C(=C)C. The van der Waals surface area contributed by atoms with Crippen LogP contribution >= 0.6 is 7.60 Å². The molecule has 0 saturated heterocycles. The Bertz CT molecular complexity index is 558. The van der Waals surface area contributed by atoms with Gasteiger partial charge in [-0.1, -0.05) is 45.8 Å². The van der Waals surface area contributed by atoms with E-state index in [0.717, 1.165) is 25.7 Å². The summed E-state index contributed by atoms with van der Waals surface area (Å²) >= 11 is 0. The summed E-state index contributed by atoms with van der Waals surface area (Å²) in [6.07, 6.45) is 3.94. The van der Waals surface area contributed by atoms with Crippen molar-refractivity contribution in [3.8, 4) is 0 Å². The highest BCUT2D eigenvalue weighted by Gasteiger charge is 2.27. The molecule has 7 nitrogen and oxygen atoms in total. The van der Waals surface area contributed by atoms with E-state index >= 15 is 0 Å². The lowest BCUT2D eigenvalue weighted by atomic mass is 10.2. The van der Waals surface area contributed by atoms with E-state index in [4.69, 9.17) is 18.5 Å². The molecule has 0 rings (SSSR count). The van der Waals surface area contributed by atoms with Crippen molar-refractivity contribution >= 4 is 19.5 Å². The number of unbranched alkanes of at least 4 members (excludes halogenated alkanes) is 4. The smallest absolute Gasteiger partial charge is 0.333 e. The van der Waals surface area contributed by atoms with Crippen LogP contribution in [0.15, 0.2) is 24.3 Å². The standard InChI is InChI=1S/C21H37O7P/c1-8-9-10-11-12-13-29(24,25-14-18(6)27-20(22)16(2)3)26-15-19(7)28-21(23)17(4)5/h18-19H,2,4,8-15H2,1,3,5-7H3. The van der Waals surface area contributed by atoms with E-state index in [2.05, 4.69) is 20.1 Å². The first-order chi connectivity index (χ1) is 13.5. The molecule has 0 saturated carbocycles. The summed E-state index contributed by atoms with van der Waals surface area (Å²) in [4.78, 5) is 23.2. The van der Waals surface area contributed by atoms with Crippen molar-refractivity contribution in [1.29, 1.82) is 0 Å². The Morgan fingerprint density at radius 3 is 1.62 bits per heavy atom. The van der Waals surface area contributed by atoms with Gasteiger partial charge in [0.2, 0.25) is 0 Å². The van der Waals surface area contributed by atoms with E-state index < -0.39 is 31.7 Å². The van der Waals surface area contributed by atoms with E-state index in [9.17, 15) is 14.2 Å². The van der Waals surface area contributed by atoms with Gasteiger partial charge in [0, 0.05) is 11.1 Å². The fraction of sp³-hybridized carbons (Fsp3) is 0.714. The predicted octanol–water partition coefficient (Wildman–Crippen LogP) is 5.20. The molecule has 168 valence electrons. The molecule has 0 radical (unpaired) electrons. The lowest BCUT2D eigenvalue weighted by Crippen LogP contribution is -2.23. The highest BCUT2D eigenvalue weighted by Crippen LogP contribution is 2.49. The Labute approximate surface area is 175 Å². The van der Waals surface area contributed by atoms with Crippen molar-refractivity contribution in [3.63, 3.8) is 0 Å². The molecule has 0 bridgehead atoms. The Hall–Kier alpha value is -1.43. The Kier molecular flexibility index (Phi) is 13.8. The van der Waals surface area contributed by atoms with Crippen LogP contribution in [0.3, 0.4) is 0 Å². The number of rotatable bonds is 16. The van der Waals surface area contributed by atoms with Crippen LogP contribution in [0.2, 0.25) is 0 Å². The van der Waals surface area contributed by atoms with Crippen LogP contribution in [0.1, 0.15) is 66.7 Å². The molecule has 0 aromatic heterocycles. The molecule has 0 heterocycles. The van der Waals surface area contributed by atoms with Gasteiger partial charge in [-0.2, -0.15) is 0 Å². The van der Waals surface area contributed by atoms with Gasteiger partial charge in [0.25, 0.3) is 0 Å². The summed E-state index contributed by atoms with van der Waals surface area (Å²) in [5.74, 6) is -1.06. The van der Waals surface area contributed by atoms with Crippen molar-refractivity contribution in [2.75, 3.05) is 19.4 Å². The van der Waals surface area contributed by atoms with E-state index in [0.29, 0.717) is 6.42 Å². The van der Waals surface area contributed by atoms with Crippen molar-refractivity contribution in [1.82, 2.24) is 0 Å². The number of ether oxygens (including phenoxy) is 2. The summed E-state index contributed by atoms with van der Waals surface area (Å²) in [6.45, 7) is 15.4. The Morgan fingerprint density at radius 1 is 0.828 bits per heavy atom. The van der Waals surface area contributed by atoms with Crippen LogP contribution in [0.4, 0.5) is 0 Å². The molecule has 0 aliphatic heterocycles. The zero-order valence-corrected chi connectivity index (χ0v) is 19.4. The Morgan fingerprint density at radius 2 is 1.24 bits per heavy atom. The van der Waals surface area contributed by atoms with E-state index in [-0.39, 0.29) is 30.5 Å². The zero-order valence-electron chi connectivity index (χ0n) is 18.5. The second-order valence-corrected chi connectivity index (χ2v) is 9.52. The number of hydrogen-bond acceptors (Lipinski definition) is 7. The molecule has 0 aliphatic carbocycles. The molecule has 0 spiro atoms. The molecule has 0 N–H and O–H groups in total. The van der Waals surface area contributed by atoms with Crippen molar-refractivity contribution < 1.29 is 32.7 Å². The summed E-state index contributed by atoms with van der Waals surface area (Å²) < 4.78 is 34.5. The summed E-state index contributed by atoms with van der Waals surface area (Å²) in [6, 6.07) is 0. The first kappa shape index (κ1) is 27.6. The molecule has 2 atom stereocenters. The maximum absolute atomic E-state index is 13.1. The quantitative estimate of drug-likeness (QED) is 0.143. The monoisotopic (exact) mass is 432 g/mol. The van der Waals surface area contributed by atoms with Crippen LogP contribution < -0.4 is 0 Å². The second-order valence-electron chi connectivity index (χ2n) is 7.33. The molecule has 0 aromatic carbocycles. The van der Waals surface area contributed by atoms with Crippen LogP contribution in [-0.4, -0.2) is 43.5 Å². The van der Waals surface area contributed by atoms with Crippen molar-refractivity contribution in [2.24, 2.45) is 0 Å². The van der Waals surface area contributed by atoms with Crippen molar-refractivity contribution in [3.05, 3.63) is 24.3 Å². The average molecular weight is 432 g/mol. The van der Waals surface area contributed by atoms with Crippen molar-refractivity contribution in [2.45, 2.75) is 78.9 Å². The topological polar surface area (TPSA) is 88.1 Å². The van der Waals surface area contributed by atoms with Crippen LogP contribution in [0, 0.1) is 0 Å². The third-order valence-corrected chi connectivity index (χ3v) is 5.81. The molecule has 8 heteroatoms. The second kappa shape index (κ2) is 14.5. The van der Waals surface area contributed by atoms with Gasteiger partial charge in [0.1, 0.15) is 12.2 Å². The minimum Gasteiger partial charge on any atom is -0.457 e. The van der Waals surface area contributed by atoms with E-state index in [1.54, 1.807) is 27.7 Å². The molecule has 0 aliphatic rings. The summed E-state index contributed by atoms with van der Waals surface area (Å²) in [5.41, 5.74) is 0.556. The Balaban J connectivity index is 4.76. The molecule has 0 amide bonds. The molecular formula is C21H37O7P. The van der Waals surface area contributed by atoms with Gasteiger partial charge in [0.15, 0.2) is 0 Å². The van der Waals surface area contributed by atoms with Gasteiger partial charge in [0.05, 0.1) is 19.4 Å². The normalized spacial score (nSPS) is 15.1. The van der Waals surface area contributed by atoms with Gasteiger partial charge in [-0.3, -0.25) is 4.57 Å². The number of hydrogen-bond donors (Lipinski definition) is 0. The highest BCUT2D eigenvalue weighted by molar-refractivity contribution is 7.53. The summed E-state index contributed by atoms with van der Waals surface area (Å²) in [5, 5.41) is 0. The largest absolute Gasteiger partial charge is 0.457 e. The molecule has 0 fully saturated rings. The number of carbonyl (C=O) groups is 2. The fourth-order valence-electron chi connectivity index (χ4n) is 2.15. The average Bonchev–Trinajstić information content (AvgIpc) is 2.64. The lowest BCUT2D eigenvalue weighted by molar-refractivity contribution is -0.145. The lowest BCUT2D eigenvalue weighted by Gasteiger charge is -2.23. The highest BCUT2D eigenvalue weighted by atomic mass is 31.2. The fourth-order valence-corrected chi connectivity index (χ4v) is 3.96. The van der Waals surface area contributed by atoms with Gasteiger partial charge in [-0.05, 0) is 34.1 Å².